The molecule has 2 heterocycles. The van der Waals surface area contributed by atoms with E-state index in [0.717, 1.165) is 45.3 Å². The van der Waals surface area contributed by atoms with Crippen molar-refractivity contribution in [1.29, 1.82) is 0 Å². The summed E-state index contributed by atoms with van der Waals surface area (Å²) < 4.78 is 0. The van der Waals surface area contributed by atoms with E-state index in [2.05, 4.69) is 4.90 Å². The van der Waals surface area contributed by atoms with Crippen molar-refractivity contribution in [3.05, 3.63) is 0 Å². The van der Waals surface area contributed by atoms with Crippen LogP contribution in [0.1, 0.15) is 51.4 Å². The number of amides is 1. The Hall–Kier alpha value is -0.610. The number of hydrogen-bond donors (Lipinski definition) is 1. The zero-order valence-electron chi connectivity index (χ0n) is 12.0. The Kier molecular flexibility index (Phi) is 6.11. The Balaban J connectivity index is 1.83. The molecular formula is C15H28N2O2. The van der Waals surface area contributed by atoms with Gasteiger partial charge >= 0.3 is 0 Å². The summed E-state index contributed by atoms with van der Waals surface area (Å²) in [5, 5.41) is 9.40. The van der Waals surface area contributed by atoms with E-state index in [0.29, 0.717) is 6.54 Å². The number of carbonyl (C=O) groups excluding carboxylic acids is 1. The second kappa shape index (κ2) is 7.85. The van der Waals surface area contributed by atoms with E-state index in [1.165, 1.54) is 25.7 Å². The minimum Gasteiger partial charge on any atom is -0.395 e. The number of rotatable bonds is 3. The first-order chi connectivity index (χ1) is 9.31. The third kappa shape index (κ3) is 4.46. The average molecular weight is 268 g/mol. The molecule has 1 N–H and O–H groups in total. The largest absolute Gasteiger partial charge is 0.395 e. The maximum atomic E-state index is 12.4. The van der Waals surface area contributed by atoms with E-state index in [1.807, 2.05) is 4.90 Å². The highest BCUT2D eigenvalue weighted by atomic mass is 16.3. The van der Waals surface area contributed by atoms with Crippen LogP contribution in [0.15, 0.2) is 0 Å². The molecule has 1 amide bonds. The topological polar surface area (TPSA) is 43.8 Å². The number of hydrogen-bond acceptors (Lipinski definition) is 3. The Bertz CT molecular complexity index is 275. The zero-order chi connectivity index (χ0) is 13.5. The minimum absolute atomic E-state index is 0.188. The van der Waals surface area contributed by atoms with Gasteiger partial charge in [-0.2, -0.15) is 0 Å². The summed E-state index contributed by atoms with van der Waals surface area (Å²) in [6.07, 6.45) is 9.50. The molecule has 110 valence electrons. The summed E-state index contributed by atoms with van der Waals surface area (Å²) in [6, 6.07) is 0.201. The van der Waals surface area contributed by atoms with E-state index in [1.54, 1.807) is 0 Å². The zero-order valence-corrected chi connectivity index (χ0v) is 12.0. The molecule has 0 aromatic heterocycles. The van der Waals surface area contributed by atoms with E-state index >= 15 is 0 Å². The van der Waals surface area contributed by atoms with Crippen LogP contribution in [0.2, 0.25) is 0 Å². The van der Waals surface area contributed by atoms with Gasteiger partial charge in [-0.3, -0.25) is 9.69 Å². The highest BCUT2D eigenvalue weighted by Gasteiger charge is 2.25. The predicted molar refractivity (Wildman–Crippen MR) is 76.0 cm³/mol. The summed E-state index contributed by atoms with van der Waals surface area (Å²) in [5.74, 6) is 0.266. The minimum atomic E-state index is 0.188. The van der Waals surface area contributed by atoms with Gasteiger partial charge in [0.25, 0.3) is 0 Å². The van der Waals surface area contributed by atoms with Gasteiger partial charge in [-0.25, -0.2) is 0 Å². The van der Waals surface area contributed by atoms with Gasteiger partial charge in [0.1, 0.15) is 0 Å². The molecule has 0 radical (unpaired) electrons. The van der Waals surface area contributed by atoms with E-state index in [4.69, 9.17) is 0 Å². The normalized spacial score (nSPS) is 26.8. The van der Waals surface area contributed by atoms with Crippen LogP contribution in [0.3, 0.4) is 0 Å². The number of aliphatic hydroxyl groups excluding tert-OH is 1. The quantitative estimate of drug-likeness (QED) is 0.846. The highest BCUT2D eigenvalue weighted by Crippen LogP contribution is 2.17. The van der Waals surface area contributed by atoms with Gasteiger partial charge in [0.05, 0.1) is 13.2 Å². The number of aliphatic hydroxyl groups is 1. The van der Waals surface area contributed by atoms with E-state index < -0.39 is 0 Å². The third-order valence-electron chi connectivity index (χ3n) is 4.51. The number of nitrogens with zero attached hydrogens (tertiary/aromatic N) is 2. The molecule has 2 fully saturated rings. The van der Waals surface area contributed by atoms with Gasteiger partial charge in [0.2, 0.25) is 5.91 Å². The molecule has 0 saturated carbocycles. The van der Waals surface area contributed by atoms with Gasteiger partial charge in [-0.1, -0.05) is 25.7 Å². The lowest BCUT2D eigenvalue weighted by Crippen LogP contribution is -2.48. The van der Waals surface area contributed by atoms with E-state index in [-0.39, 0.29) is 18.6 Å². The summed E-state index contributed by atoms with van der Waals surface area (Å²) in [5.41, 5.74) is 0. The van der Waals surface area contributed by atoms with Crippen LogP contribution in [-0.4, -0.2) is 59.6 Å². The van der Waals surface area contributed by atoms with Crippen LogP contribution in [0.25, 0.3) is 0 Å². The lowest BCUT2D eigenvalue weighted by Gasteiger charge is -2.35. The van der Waals surface area contributed by atoms with Crippen molar-refractivity contribution in [3.63, 3.8) is 0 Å². The summed E-state index contributed by atoms with van der Waals surface area (Å²) in [6.45, 7) is 3.51. The maximum Gasteiger partial charge on any atom is 0.236 e. The van der Waals surface area contributed by atoms with Crippen molar-refractivity contribution in [1.82, 2.24) is 9.80 Å². The molecule has 0 aromatic rings. The maximum absolute atomic E-state index is 12.4. The van der Waals surface area contributed by atoms with Crippen molar-refractivity contribution in [3.8, 4) is 0 Å². The predicted octanol–water partition coefficient (Wildman–Crippen LogP) is 1.63. The molecule has 19 heavy (non-hydrogen) atoms. The van der Waals surface area contributed by atoms with Crippen molar-refractivity contribution < 1.29 is 9.90 Å². The van der Waals surface area contributed by atoms with Crippen molar-refractivity contribution in [2.75, 3.05) is 32.8 Å². The molecule has 2 rings (SSSR count). The Labute approximate surface area is 116 Å². The van der Waals surface area contributed by atoms with Crippen LogP contribution in [0.5, 0.6) is 0 Å². The second-order valence-electron chi connectivity index (χ2n) is 5.95. The Morgan fingerprint density at radius 3 is 2.26 bits per heavy atom. The van der Waals surface area contributed by atoms with Gasteiger partial charge < -0.3 is 10.0 Å². The molecule has 1 atom stereocenters. The molecule has 0 aliphatic carbocycles. The van der Waals surface area contributed by atoms with Gasteiger partial charge in [0.15, 0.2) is 0 Å². The van der Waals surface area contributed by atoms with Crippen LogP contribution < -0.4 is 0 Å². The number of carbonyl (C=O) groups is 1. The molecule has 4 heteroatoms. The summed E-state index contributed by atoms with van der Waals surface area (Å²) >= 11 is 0. The first-order valence-corrected chi connectivity index (χ1v) is 7.94. The van der Waals surface area contributed by atoms with Crippen LogP contribution in [0, 0.1) is 0 Å². The van der Waals surface area contributed by atoms with Crippen molar-refractivity contribution >= 4 is 5.91 Å². The fourth-order valence-corrected chi connectivity index (χ4v) is 3.25. The van der Waals surface area contributed by atoms with Crippen LogP contribution in [-0.2, 0) is 4.79 Å². The fourth-order valence-electron chi connectivity index (χ4n) is 3.25. The molecule has 0 bridgehead atoms. The van der Waals surface area contributed by atoms with E-state index in [9.17, 15) is 9.90 Å². The van der Waals surface area contributed by atoms with Crippen molar-refractivity contribution in [2.24, 2.45) is 0 Å². The molecule has 2 saturated heterocycles. The van der Waals surface area contributed by atoms with Crippen LogP contribution >= 0.6 is 0 Å². The lowest BCUT2D eigenvalue weighted by molar-refractivity contribution is -0.134. The molecule has 2 aliphatic heterocycles. The smallest absolute Gasteiger partial charge is 0.236 e. The molecule has 1 unspecified atom stereocenters. The SMILES string of the molecule is O=C(CN1CCCCC1CO)N1CCCCCCC1. The number of likely N-dealkylation sites (tertiary alicyclic amines) is 2. The van der Waals surface area contributed by atoms with Crippen LogP contribution in [0.4, 0.5) is 0 Å². The highest BCUT2D eigenvalue weighted by molar-refractivity contribution is 5.78. The standard InChI is InChI=1S/C15H28N2O2/c18-13-14-8-4-7-11-17(14)12-15(19)16-9-5-2-1-3-6-10-16/h14,18H,1-13H2. The van der Waals surface area contributed by atoms with Gasteiger partial charge in [-0.05, 0) is 32.2 Å². The second-order valence-corrected chi connectivity index (χ2v) is 5.95. The summed E-state index contributed by atoms with van der Waals surface area (Å²) in [4.78, 5) is 16.6. The molecule has 2 aliphatic rings. The molecule has 0 spiro atoms. The monoisotopic (exact) mass is 268 g/mol. The summed E-state index contributed by atoms with van der Waals surface area (Å²) in [7, 11) is 0. The number of piperidine rings is 1. The molecular weight excluding hydrogens is 240 g/mol. The fraction of sp³-hybridized carbons (Fsp3) is 0.933. The van der Waals surface area contributed by atoms with Gasteiger partial charge in [0, 0.05) is 19.1 Å². The first kappa shape index (κ1) is 14.8. The Morgan fingerprint density at radius 1 is 0.947 bits per heavy atom. The average Bonchev–Trinajstić information content (AvgIpc) is 2.38. The van der Waals surface area contributed by atoms with Gasteiger partial charge in [-0.15, -0.1) is 0 Å². The molecule has 4 nitrogen and oxygen atoms in total. The molecule has 0 aromatic carbocycles. The first-order valence-electron chi connectivity index (χ1n) is 7.94. The Morgan fingerprint density at radius 2 is 1.58 bits per heavy atom. The van der Waals surface area contributed by atoms with Crippen molar-refractivity contribution in [2.45, 2.75) is 57.4 Å². The third-order valence-corrected chi connectivity index (χ3v) is 4.51. The lowest BCUT2D eigenvalue weighted by atomic mass is 10.0.